The molecular formula is C27H32F3N5O2. The number of benzene rings is 2. The number of methoxy groups -OCH3 is 1. The van der Waals surface area contributed by atoms with Crippen molar-refractivity contribution in [2.45, 2.75) is 51.4 Å². The molecule has 0 saturated carbocycles. The van der Waals surface area contributed by atoms with Gasteiger partial charge in [-0.1, -0.05) is 0 Å². The molecule has 1 aliphatic carbocycles. The lowest BCUT2D eigenvalue weighted by Gasteiger charge is -2.35. The zero-order valence-corrected chi connectivity index (χ0v) is 21.3. The maximum Gasteiger partial charge on any atom is 0.416 e. The summed E-state index contributed by atoms with van der Waals surface area (Å²) in [7, 11) is 1.67. The van der Waals surface area contributed by atoms with Crippen LogP contribution in [0.5, 0.6) is 0 Å². The number of ether oxygens (including phenoxy) is 2. The van der Waals surface area contributed by atoms with Crippen LogP contribution in [0.4, 0.5) is 30.4 Å². The lowest BCUT2D eigenvalue weighted by atomic mass is 10.0. The van der Waals surface area contributed by atoms with Gasteiger partial charge in [0.2, 0.25) is 0 Å². The Morgan fingerprint density at radius 3 is 2.73 bits per heavy atom. The van der Waals surface area contributed by atoms with E-state index in [-0.39, 0.29) is 11.8 Å². The molecule has 1 aliphatic heterocycles. The van der Waals surface area contributed by atoms with Crippen molar-refractivity contribution in [3.63, 3.8) is 0 Å². The van der Waals surface area contributed by atoms with Gasteiger partial charge in [0.05, 0.1) is 36.4 Å². The van der Waals surface area contributed by atoms with Crippen LogP contribution < -0.4 is 16.0 Å². The van der Waals surface area contributed by atoms with Gasteiger partial charge in [0.25, 0.3) is 0 Å². The zero-order valence-electron chi connectivity index (χ0n) is 21.3. The van der Waals surface area contributed by atoms with E-state index in [1.807, 2.05) is 13.8 Å². The number of alkyl halides is 3. The number of fused-ring (bicyclic) bond motifs is 3. The van der Waals surface area contributed by atoms with E-state index in [1.165, 1.54) is 11.1 Å². The van der Waals surface area contributed by atoms with Crippen LogP contribution in [0, 0.1) is 6.92 Å². The van der Waals surface area contributed by atoms with E-state index in [2.05, 4.69) is 21.3 Å². The maximum atomic E-state index is 13.4. The average Bonchev–Trinajstić information content (AvgIpc) is 3.33. The molecule has 10 heteroatoms. The Kier molecular flexibility index (Phi) is 6.89. The van der Waals surface area contributed by atoms with Crippen molar-refractivity contribution in [3.05, 3.63) is 52.3 Å². The van der Waals surface area contributed by atoms with E-state index in [0.29, 0.717) is 30.4 Å². The number of hydrogen-bond acceptors (Lipinski definition) is 7. The third-order valence-corrected chi connectivity index (χ3v) is 7.14. The highest BCUT2D eigenvalue weighted by Gasteiger charge is 2.32. The third kappa shape index (κ3) is 5.17. The van der Waals surface area contributed by atoms with Gasteiger partial charge in [0.15, 0.2) is 0 Å². The molecule has 0 radical (unpaired) electrons. The van der Waals surface area contributed by atoms with Crippen LogP contribution in [0.1, 0.15) is 47.5 Å². The van der Waals surface area contributed by atoms with Crippen LogP contribution in [0.2, 0.25) is 0 Å². The van der Waals surface area contributed by atoms with Crippen LogP contribution in [0.25, 0.3) is 10.9 Å². The minimum absolute atomic E-state index is 0.00949. The molecular weight excluding hydrogens is 483 g/mol. The Morgan fingerprint density at radius 1 is 1.19 bits per heavy atom. The Hall–Kier alpha value is -3.11. The van der Waals surface area contributed by atoms with Crippen molar-refractivity contribution in [2.24, 2.45) is 0 Å². The molecule has 198 valence electrons. The third-order valence-electron chi connectivity index (χ3n) is 7.14. The Bertz CT molecular complexity index is 1310. The normalized spacial score (nSPS) is 18.8. The van der Waals surface area contributed by atoms with E-state index in [1.54, 1.807) is 13.2 Å². The molecule has 0 unspecified atom stereocenters. The number of morpholine rings is 1. The van der Waals surface area contributed by atoms with Crippen molar-refractivity contribution in [2.75, 3.05) is 49.4 Å². The smallest absolute Gasteiger partial charge is 0.399 e. The fraction of sp³-hybridized carbons (Fsp3) is 0.481. The number of rotatable bonds is 6. The number of hydrogen-bond donors (Lipinski definition) is 2. The molecule has 1 aromatic heterocycles. The molecule has 7 nitrogen and oxygen atoms in total. The van der Waals surface area contributed by atoms with Crippen LogP contribution in [0.3, 0.4) is 0 Å². The van der Waals surface area contributed by atoms with Gasteiger partial charge in [0, 0.05) is 37.0 Å². The average molecular weight is 516 g/mol. The van der Waals surface area contributed by atoms with Crippen LogP contribution >= 0.6 is 0 Å². The summed E-state index contributed by atoms with van der Waals surface area (Å²) in [5.41, 5.74) is 10.2. The highest BCUT2D eigenvalue weighted by atomic mass is 19.4. The predicted octanol–water partition coefficient (Wildman–Crippen LogP) is 5.05. The first-order valence-corrected chi connectivity index (χ1v) is 12.6. The van der Waals surface area contributed by atoms with E-state index >= 15 is 0 Å². The quantitative estimate of drug-likeness (QED) is 0.444. The largest absolute Gasteiger partial charge is 0.416 e. The molecule has 2 aliphatic rings. The fourth-order valence-corrected chi connectivity index (χ4v) is 5.46. The minimum Gasteiger partial charge on any atom is -0.399 e. The Morgan fingerprint density at radius 2 is 1.97 bits per heavy atom. The monoisotopic (exact) mass is 515 g/mol. The number of nitrogens with zero attached hydrogens (tertiary/aromatic N) is 3. The summed E-state index contributed by atoms with van der Waals surface area (Å²) in [4.78, 5) is 11.8. The fourth-order valence-electron chi connectivity index (χ4n) is 5.46. The SMILES string of the molecule is COC[C@H]1CN(c2cc3c(N[C@H](C)c4cc(N)cc(C(F)(F)F)c4)nc(C)nc3c3c2CCC3)CCO1. The molecule has 1 saturated heterocycles. The zero-order chi connectivity index (χ0) is 26.3. The van der Waals surface area contributed by atoms with Crippen LogP contribution in [-0.2, 0) is 28.5 Å². The molecule has 37 heavy (non-hydrogen) atoms. The van der Waals surface area contributed by atoms with Gasteiger partial charge in [-0.15, -0.1) is 0 Å². The van der Waals surface area contributed by atoms with Gasteiger partial charge in [-0.2, -0.15) is 13.2 Å². The summed E-state index contributed by atoms with van der Waals surface area (Å²) in [6.45, 7) is 6.28. The number of aryl methyl sites for hydroxylation is 2. The maximum absolute atomic E-state index is 13.4. The molecule has 0 spiro atoms. The van der Waals surface area contributed by atoms with Crippen molar-refractivity contribution >= 4 is 28.1 Å². The Balaban J connectivity index is 1.56. The highest BCUT2D eigenvalue weighted by Crippen LogP contribution is 2.40. The van der Waals surface area contributed by atoms with Crippen molar-refractivity contribution in [3.8, 4) is 0 Å². The van der Waals surface area contributed by atoms with Gasteiger partial charge in [-0.05, 0) is 74.1 Å². The molecule has 3 N–H and O–H groups in total. The summed E-state index contributed by atoms with van der Waals surface area (Å²) in [5, 5.41) is 4.22. The summed E-state index contributed by atoms with van der Waals surface area (Å²) < 4.78 is 51.4. The molecule has 1 fully saturated rings. The number of nitrogen functional groups attached to an aromatic ring is 1. The minimum atomic E-state index is -4.48. The second-order valence-electron chi connectivity index (χ2n) is 9.87. The Labute approximate surface area is 214 Å². The molecule has 0 amide bonds. The van der Waals surface area contributed by atoms with Crippen molar-refractivity contribution in [1.82, 2.24) is 9.97 Å². The molecule has 3 aromatic rings. The second-order valence-corrected chi connectivity index (χ2v) is 9.87. The van der Waals surface area contributed by atoms with E-state index in [9.17, 15) is 13.2 Å². The summed E-state index contributed by atoms with van der Waals surface area (Å²) in [6, 6.07) is 5.32. The van der Waals surface area contributed by atoms with Gasteiger partial charge < -0.3 is 25.4 Å². The van der Waals surface area contributed by atoms with Crippen molar-refractivity contribution < 1.29 is 22.6 Å². The van der Waals surface area contributed by atoms with E-state index in [0.717, 1.165) is 61.1 Å². The molecule has 2 atom stereocenters. The highest BCUT2D eigenvalue weighted by molar-refractivity contribution is 5.96. The van der Waals surface area contributed by atoms with E-state index in [4.69, 9.17) is 20.2 Å². The van der Waals surface area contributed by atoms with Gasteiger partial charge in [-0.25, -0.2) is 9.97 Å². The number of halogens is 3. The standard InChI is InChI=1S/C27H32F3N5O2/c1-15(17-9-18(27(28,29)30)11-19(31)10-17)32-26-23-12-24(35-7-8-37-20(13-35)14-36-3)21-5-4-6-22(21)25(23)33-16(2)34-26/h9-12,15,20H,4-8,13-14,31H2,1-3H3,(H,32,33,34)/t15-,20-/m1/s1. The summed E-state index contributed by atoms with van der Waals surface area (Å²) in [6.07, 6.45) is -1.51. The number of anilines is 3. The van der Waals surface area contributed by atoms with E-state index < -0.39 is 17.8 Å². The first-order chi connectivity index (χ1) is 17.6. The number of nitrogens with two attached hydrogens (primary N) is 1. The predicted molar refractivity (Wildman–Crippen MR) is 138 cm³/mol. The summed E-state index contributed by atoms with van der Waals surface area (Å²) in [5.74, 6) is 1.21. The van der Waals surface area contributed by atoms with Crippen LogP contribution in [-0.4, -0.2) is 49.5 Å². The lowest BCUT2D eigenvalue weighted by Crippen LogP contribution is -2.44. The first-order valence-electron chi connectivity index (χ1n) is 12.6. The molecule has 5 rings (SSSR count). The summed E-state index contributed by atoms with van der Waals surface area (Å²) >= 11 is 0. The van der Waals surface area contributed by atoms with Gasteiger partial charge in [-0.3, -0.25) is 0 Å². The van der Waals surface area contributed by atoms with Gasteiger partial charge >= 0.3 is 6.18 Å². The number of aromatic nitrogens is 2. The second kappa shape index (κ2) is 9.98. The number of nitrogens with one attached hydrogen (secondary N) is 1. The lowest BCUT2D eigenvalue weighted by molar-refractivity contribution is -0.137. The molecule has 2 heterocycles. The first kappa shape index (κ1) is 25.5. The van der Waals surface area contributed by atoms with Gasteiger partial charge in [0.1, 0.15) is 11.6 Å². The van der Waals surface area contributed by atoms with Crippen molar-refractivity contribution in [1.29, 1.82) is 0 Å². The molecule has 0 bridgehead atoms. The topological polar surface area (TPSA) is 85.5 Å². The molecule has 2 aromatic carbocycles. The van der Waals surface area contributed by atoms with Crippen LogP contribution in [0.15, 0.2) is 24.3 Å².